The van der Waals surface area contributed by atoms with Gasteiger partial charge in [-0.25, -0.2) is 0 Å². The number of fused-ring (bicyclic) bond motifs is 1. The molecule has 0 bridgehead atoms. The molecule has 56 valence electrons. The fraction of sp³-hybridized carbons (Fsp3) is 0.857. The third-order valence-electron chi connectivity index (χ3n) is 2.04. The van der Waals surface area contributed by atoms with Crippen molar-refractivity contribution in [3.05, 3.63) is 0 Å². The molecule has 3 nitrogen and oxygen atoms in total. The first-order chi connectivity index (χ1) is 4.77. The van der Waals surface area contributed by atoms with Crippen molar-refractivity contribution in [3.63, 3.8) is 0 Å². The molecular formula is C7H10O3. The molecule has 0 amide bonds. The number of ether oxygens (including phenoxy) is 2. The summed E-state index contributed by atoms with van der Waals surface area (Å²) in [6.07, 6.45) is 2.74. The third kappa shape index (κ3) is 0.904. The van der Waals surface area contributed by atoms with Gasteiger partial charge in [-0.2, -0.15) is 0 Å². The normalized spacial score (nSPS) is 42.7. The van der Waals surface area contributed by atoms with Gasteiger partial charge in [0.05, 0.1) is 6.10 Å². The minimum atomic E-state index is -0.193. The third-order valence-corrected chi connectivity index (χ3v) is 2.04. The van der Waals surface area contributed by atoms with Crippen molar-refractivity contribution in [3.8, 4) is 0 Å². The summed E-state index contributed by atoms with van der Waals surface area (Å²) in [6.45, 7) is 1.44. The standard InChI is InChI=1S/C7H10O3/c1-4(8)9-5-2-3-6-7(5)10-6/h5-7H,2-3H2,1H3/t5-,6+,7-/m1/s1. The Morgan fingerprint density at radius 2 is 2.40 bits per heavy atom. The average molecular weight is 142 g/mol. The summed E-state index contributed by atoms with van der Waals surface area (Å²) in [5, 5.41) is 0. The van der Waals surface area contributed by atoms with E-state index in [0.717, 1.165) is 12.8 Å². The van der Waals surface area contributed by atoms with Gasteiger partial charge in [0.15, 0.2) is 0 Å². The molecule has 1 aliphatic heterocycles. The van der Waals surface area contributed by atoms with Crippen LogP contribution >= 0.6 is 0 Å². The molecule has 1 saturated carbocycles. The number of esters is 1. The first-order valence-corrected chi connectivity index (χ1v) is 3.60. The Balaban J connectivity index is 1.88. The molecule has 0 spiro atoms. The summed E-state index contributed by atoms with van der Waals surface area (Å²) in [5.74, 6) is -0.193. The lowest BCUT2D eigenvalue weighted by Crippen LogP contribution is -2.18. The largest absolute Gasteiger partial charge is 0.460 e. The van der Waals surface area contributed by atoms with E-state index in [9.17, 15) is 4.79 Å². The monoisotopic (exact) mass is 142 g/mol. The van der Waals surface area contributed by atoms with Crippen molar-refractivity contribution < 1.29 is 14.3 Å². The van der Waals surface area contributed by atoms with Crippen molar-refractivity contribution in [1.82, 2.24) is 0 Å². The lowest BCUT2D eigenvalue weighted by Gasteiger charge is -2.09. The number of carbonyl (C=O) groups excluding carboxylic acids is 1. The molecule has 0 aromatic rings. The summed E-state index contributed by atoms with van der Waals surface area (Å²) in [7, 11) is 0. The van der Waals surface area contributed by atoms with Crippen LogP contribution in [0.2, 0.25) is 0 Å². The maximum absolute atomic E-state index is 10.5. The summed E-state index contributed by atoms with van der Waals surface area (Å²) in [5.41, 5.74) is 0. The van der Waals surface area contributed by atoms with Crippen LogP contribution in [0.3, 0.4) is 0 Å². The second kappa shape index (κ2) is 1.95. The molecule has 2 rings (SSSR count). The number of carbonyl (C=O) groups is 1. The molecule has 10 heavy (non-hydrogen) atoms. The number of hydrogen-bond donors (Lipinski definition) is 0. The molecule has 1 saturated heterocycles. The van der Waals surface area contributed by atoms with Gasteiger partial charge < -0.3 is 9.47 Å². The van der Waals surface area contributed by atoms with E-state index in [2.05, 4.69) is 0 Å². The second-order valence-corrected chi connectivity index (χ2v) is 2.86. The van der Waals surface area contributed by atoms with E-state index < -0.39 is 0 Å². The zero-order chi connectivity index (χ0) is 7.14. The maximum atomic E-state index is 10.5. The predicted molar refractivity (Wildman–Crippen MR) is 33.4 cm³/mol. The van der Waals surface area contributed by atoms with Gasteiger partial charge in [-0.1, -0.05) is 0 Å². The molecule has 2 aliphatic rings. The molecule has 1 aliphatic carbocycles. The number of rotatable bonds is 1. The van der Waals surface area contributed by atoms with Gasteiger partial charge in [-0.05, 0) is 12.8 Å². The SMILES string of the molecule is CC(=O)O[C@@H]1CC[C@@H]2O[C@@H]21. The lowest BCUT2D eigenvalue weighted by molar-refractivity contribution is -0.147. The Morgan fingerprint density at radius 3 is 2.80 bits per heavy atom. The van der Waals surface area contributed by atoms with Gasteiger partial charge in [0.1, 0.15) is 12.2 Å². The molecule has 0 aromatic carbocycles. The van der Waals surface area contributed by atoms with Gasteiger partial charge in [0.25, 0.3) is 0 Å². The minimum Gasteiger partial charge on any atom is -0.460 e. The van der Waals surface area contributed by atoms with Crippen molar-refractivity contribution in [2.45, 2.75) is 38.1 Å². The first-order valence-electron chi connectivity index (χ1n) is 3.60. The van der Waals surface area contributed by atoms with Gasteiger partial charge >= 0.3 is 5.97 Å². The summed E-state index contributed by atoms with van der Waals surface area (Å²) >= 11 is 0. The van der Waals surface area contributed by atoms with E-state index in [1.807, 2.05) is 0 Å². The summed E-state index contributed by atoms with van der Waals surface area (Å²) in [4.78, 5) is 10.5. The minimum absolute atomic E-state index is 0.0579. The van der Waals surface area contributed by atoms with Crippen molar-refractivity contribution >= 4 is 5.97 Å². The summed E-state index contributed by atoms with van der Waals surface area (Å²) in [6, 6.07) is 0. The van der Waals surface area contributed by atoms with E-state index in [0.29, 0.717) is 6.10 Å². The molecule has 0 unspecified atom stereocenters. The molecule has 2 fully saturated rings. The molecule has 0 aromatic heterocycles. The first kappa shape index (κ1) is 6.16. The molecule has 0 radical (unpaired) electrons. The quantitative estimate of drug-likeness (QED) is 0.395. The van der Waals surface area contributed by atoms with Crippen molar-refractivity contribution in [1.29, 1.82) is 0 Å². The highest BCUT2D eigenvalue weighted by Gasteiger charge is 2.51. The van der Waals surface area contributed by atoms with Gasteiger partial charge in [-0.15, -0.1) is 0 Å². The highest BCUT2D eigenvalue weighted by molar-refractivity contribution is 5.66. The molecule has 0 N–H and O–H groups in total. The highest BCUT2D eigenvalue weighted by Crippen LogP contribution is 2.40. The van der Waals surface area contributed by atoms with E-state index >= 15 is 0 Å². The average Bonchev–Trinajstić information content (AvgIpc) is 2.52. The molecule has 3 atom stereocenters. The van der Waals surface area contributed by atoms with Gasteiger partial charge in [0, 0.05) is 6.92 Å². The zero-order valence-corrected chi connectivity index (χ0v) is 5.87. The Bertz CT molecular complexity index is 166. The Labute approximate surface area is 59.3 Å². The van der Waals surface area contributed by atoms with E-state index in [1.165, 1.54) is 6.92 Å². The van der Waals surface area contributed by atoms with Crippen LogP contribution in [0, 0.1) is 0 Å². The van der Waals surface area contributed by atoms with Crippen molar-refractivity contribution in [2.75, 3.05) is 0 Å². The Hall–Kier alpha value is -0.570. The predicted octanol–water partition coefficient (Wildman–Crippen LogP) is 0.479. The van der Waals surface area contributed by atoms with Crippen LogP contribution in [0.5, 0.6) is 0 Å². The maximum Gasteiger partial charge on any atom is 0.302 e. The lowest BCUT2D eigenvalue weighted by atomic mass is 10.3. The van der Waals surface area contributed by atoms with E-state index in [4.69, 9.17) is 9.47 Å². The number of epoxide rings is 1. The van der Waals surface area contributed by atoms with Crippen LogP contribution in [0.15, 0.2) is 0 Å². The van der Waals surface area contributed by atoms with Crippen LogP contribution in [0.25, 0.3) is 0 Å². The Morgan fingerprint density at radius 1 is 1.60 bits per heavy atom. The van der Waals surface area contributed by atoms with Crippen molar-refractivity contribution in [2.24, 2.45) is 0 Å². The fourth-order valence-corrected chi connectivity index (χ4v) is 1.55. The topological polar surface area (TPSA) is 38.8 Å². The van der Waals surface area contributed by atoms with E-state index in [1.54, 1.807) is 0 Å². The fourth-order valence-electron chi connectivity index (χ4n) is 1.55. The molecular weight excluding hydrogens is 132 g/mol. The van der Waals surface area contributed by atoms with Gasteiger partial charge in [0.2, 0.25) is 0 Å². The van der Waals surface area contributed by atoms with Crippen LogP contribution in [0.1, 0.15) is 19.8 Å². The summed E-state index contributed by atoms with van der Waals surface area (Å²) < 4.78 is 10.2. The van der Waals surface area contributed by atoms with Crippen LogP contribution in [0.4, 0.5) is 0 Å². The Kier molecular flexibility index (Phi) is 1.20. The molecule has 3 heteroatoms. The number of hydrogen-bond acceptors (Lipinski definition) is 3. The van der Waals surface area contributed by atoms with Crippen LogP contribution < -0.4 is 0 Å². The van der Waals surface area contributed by atoms with Gasteiger partial charge in [-0.3, -0.25) is 4.79 Å². The van der Waals surface area contributed by atoms with Crippen LogP contribution in [-0.2, 0) is 14.3 Å². The van der Waals surface area contributed by atoms with Crippen LogP contribution in [-0.4, -0.2) is 24.3 Å². The van der Waals surface area contributed by atoms with E-state index in [-0.39, 0.29) is 18.2 Å². The highest BCUT2D eigenvalue weighted by atomic mass is 16.6. The zero-order valence-electron chi connectivity index (χ0n) is 5.87. The molecule has 1 heterocycles. The smallest absolute Gasteiger partial charge is 0.302 e. The second-order valence-electron chi connectivity index (χ2n) is 2.86.